The van der Waals surface area contributed by atoms with Crippen molar-refractivity contribution in [1.82, 2.24) is 0 Å². The van der Waals surface area contributed by atoms with Crippen molar-refractivity contribution >= 4 is 33.3 Å². The Morgan fingerprint density at radius 3 is 2.14 bits per heavy atom. The first-order valence-electron chi connectivity index (χ1n) is 6.37. The Morgan fingerprint density at radius 1 is 1.00 bits per heavy atom. The fraction of sp³-hybridized carbons (Fsp3) is 0.188. The van der Waals surface area contributed by atoms with Crippen LogP contribution in [-0.4, -0.2) is 5.78 Å². The van der Waals surface area contributed by atoms with Crippen LogP contribution >= 0.6 is 27.5 Å². The molecule has 2 rings (SSSR count). The summed E-state index contributed by atoms with van der Waals surface area (Å²) in [5, 5.41) is 0.568. The molecule has 0 bridgehead atoms. The average Bonchev–Trinajstić information content (AvgIpc) is 2.42. The first kappa shape index (κ1) is 17.0. The number of hydrogen-bond donors (Lipinski definition) is 0. The van der Waals surface area contributed by atoms with Gasteiger partial charge in [-0.3, -0.25) is 4.79 Å². The second-order valence-electron chi connectivity index (χ2n) is 4.83. The molecule has 116 valence electrons. The number of ketones is 1. The van der Waals surface area contributed by atoms with Gasteiger partial charge in [-0.05, 0) is 35.4 Å². The quantitative estimate of drug-likeness (QED) is 0.675. The molecule has 2 aromatic rings. The Kier molecular flexibility index (Phi) is 5.29. The van der Waals surface area contributed by atoms with Crippen molar-refractivity contribution in [3.8, 4) is 0 Å². The number of rotatable bonds is 4. The van der Waals surface area contributed by atoms with Crippen LogP contribution in [0.1, 0.15) is 16.7 Å². The summed E-state index contributed by atoms with van der Waals surface area (Å²) in [6, 6.07) is 10.6. The topological polar surface area (TPSA) is 17.1 Å². The zero-order valence-electron chi connectivity index (χ0n) is 11.3. The zero-order chi connectivity index (χ0) is 16.3. The summed E-state index contributed by atoms with van der Waals surface area (Å²) in [5.41, 5.74) is 0.348. The molecule has 22 heavy (non-hydrogen) atoms. The van der Waals surface area contributed by atoms with Gasteiger partial charge in [0.05, 0.1) is 5.56 Å². The van der Waals surface area contributed by atoms with Crippen molar-refractivity contribution < 1.29 is 18.0 Å². The van der Waals surface area contributed by atoms with E-state index in [0.29, 0.717) is 10.6 Å². The van der Waals surface area contributed by atoms with Crippen LogP contribution in [-0.2, 0) is 23.8 Å². The summed E-state index contributed by atoms with van der Waals surface area (Å²) in [6.07, 6.45) is -4.33. The van der Waals surface area contributed by atoms with Crippen LogP contribution in [0.5, 0.6) is 0 Å². The van der Waals surface area contributed by atoms with E-state index in [1.165, 1.54) is 12.1 Å². The minimum atomic E-state index is -4.45. The number of carbonyl (C=O) groups is 1. The molecular formula is C16H11BrClF3O. The molecule has 0 aliphatic carbocycles. The van der Waals surface area contributed by atoms with Gasteiger partial charge in [-0.15, -0.1) is 0 Å². The second-order valence-corrected chi connectivity index (χ2v) is 6.12. The van der Waals surface area contributed by atoms with Gasteiger partial charge in [0.25, 0.3) is 0 Å². The van der Waals surface area contributed by atoms with Crippen molar-refractivity contribution in [3.63, 3.8) is 0 Å². The lowest BCUT2D eigenvalue weighted by Crippen LogP contribution is -2.10. The van der Waals surface area contributed by atoms with E-state index in [9.17, 15) is 18.0 Å². The number of carbonyl (C=O) groups excluding carboxylic acids is 1. The van der Waals surface area contributed by atoms with E-state index in [1.807, 2.05) is 0 Å². The molecule has 0 fully saturated rings. The van der Waals surface area contributed by atoms with Crippen LogP contribution in [0.25, 0.3) is 0 Å². The largest absolute Gasteiger partial charge is 0.417 e. The molecule has 0 aliphatic heterocycles. The van der Waals surface area contributed by atoms with Crippen molar-refractivity contribution in [3.05, 3.63) is 68.7 Å². The minimum Gasteiger partial charge on any atom is -0.299 e. The monoisotopic (exact) mass is 390 g/mol. The van der Waals surface area contributed by atoms with Crippen molar-refractivity contribution in [1.29, 1.82) is 0 Å². The maximum Gasteiger partial charge on any atom is 0.417 e. The third-order valence-electron chi connectivity index (χ3n) is 3.05. The fourth-order valence-corrected chi connectivity index (χ4v) is 2.62. The number of alkyl halides is 3. The third-order valence-corrected chi connectivity index (χ3v) is 4.00. The van der Waals surface area contributed by atoms with Gasteiger partial charge in [-0.1, -0.05) is 45.7 Å². The first-order chi connectivity index (χ1) is 10.3. The molecule has 6 heteroatoms. The summed E-state index contributed by atoms with van der Waals surface area (Å²) < 4.78 is 38.4. The highest BCUT2D eigenvalue weighted by Crippen LogP contribution is 2.35. The molecule has 0 atom stereocenters. The summed E-state index contributed by atoms with van der Waals surface area (Å²) in [7, 11) is 0. The van der Waals surface area contributed by atoms with Crippen LogP contribution in [0.2, 0.25) is 5.02 Å². The Bertz CT molecular complexity index is 681. The Hall–Kier alpha value is -1.33. The standard InChI is InChI=1S/C16H11BrClF3O/c17-15-6-3-11(9-14(15)16(19,20)21)8-13(22)7-10-1-4-12(18)5-2-10/h1-6,9H,7-8H2. The smallest absolute Gasteiger partial charge is 0.299 e. The van der Waals surface area contributed by atoms with Crippen molar-refractivity contribution in [2.24, 2.45) is 0 Å². The first-order valence-corrected chi connectivity index (χ1v) is 7.54. The molecule has 0 radical (unpaired) electrons. The Labute approximate surface area is 139 Å². The summed E-state index contributed by atoms with van der Waals surface area (Å²) in [5.74, 6) is -0.155. The highest BCUT2D eigenvalue weighted by molar-refractivity contribution is 9.10. The average molecular weight is 392 g/mol. The van der Waals surface area contributed by atoms with E-state index in [1.54, 1.807) is 24.3 Å². The fourth-order valence-electron chi connectivity index (χ4n) is 2.02. The molecule has 0 saturated heterocycles. The predicted molar refractivity (Wildman–Crippen MR) is 83.0 cm³/mol. The van der Waals surface area contributed by atoms with Crippen LogP contribution in [0.4, 0.5) is 13.2 Å². The van der Waals surface area contributed by atoms with Crippen molar-refractivity contribution in [2.75, 3.05) is 0 Å². The molecule has 0 spiro atoms. The Morgan fingerprint density at radius 2 is 1.55 bits per heavy atom. The van der Waals surface area contributed by atoms with Crippen LogP contribution in [0, 0.1) is 0 Å². The molecular weight excluding hydrogens is 381 g/mol. The van der Waals surface area contributed by atoms with E-state index in [0.717, 1.165) is 11.6 Å². The number of Topliss-reactive ketones (excluding diaryl/α,β-unsaturated/α-hetero) is 1. The third kappa shape index (κ3) is 4.58. The lowest BCUT2D eigenvalue weighted by atomic mass is 10.0. The minimum absolute atomic E-state index is 0.0334. The normalized spacial score (nSPS) is 11.5. The van der Waals surface area contributed by atoms with Crippen LogP contribution in [0.15, 0.2) is 46.9 Å². The van der Waals surface area contributed by atoms with Crippen LogP contribution < -0.4 is 0 Å². The highest BCUT2D eigenvalue weighted by Gasteiger charge is 2.33. The maximum absolute atomic E-state index is 12.8. The van der Waals surface area contributed by atoms with Gasteiger partial charge in [0.1, 0.15) is 5.78 Å². The molecule has 0 unspecified atom stereocenters. The van der Waals surface area contributed by atoms with Gasteiger partial charge in [-0.2, -0.15) is 13.2 Å². The van der Waals surface area contributed by atoms with Gasteiger partial charge in [0, 0.05) is 22.3 Å². The van der Waals surface area contributed by atoms with E-state index in [-0.39, 0.29) is 23.1 Å². The van der Waals surface area contributed by atoms with Gasteiger partial charge in [0.15, 0.2) is 0 Å². The van der Waals surface area contributed by atoms with Gasteiger partial charge in [0.2, 0.25) is 0 Å². The zero-order valence-corrected chi connectivity index (χ0v) is 13.6. The number of halogens is 5. The summed E-state index contributed by atoms with van der Waals surface area (Å²) in [4.78, 5) is 12.0. The lowest BCUT2D eigenvalue weighted by molar-refractivity contribution is -0.138. The molecule has 0 amide bonds. The molecule has 0 heterocycles. The predicted octanol–water partition coefficient (Wildman–Crippen LogP) is 5.48. The summed E-state index contributed by atoms with van der Waals surface area (Å²) >= 11 is 8.63. The Balaban J connectivity index is 2.10. The van der Waals surface area contributed by atoms with E-state index >= 15 is 0 Å². The molecule has 0 aliphatic rings. The molecule has 0 saturated carbocycles. The SMILES string of the molecule is O=C(Cc1ccc(Cl)cc1)Cc1ccc(Br)c(C(F)(F)F)c1. The van der Waals surface area contributed by atoms with E-state index in [4.69, 9.17) is 11.6 Å². The van der Waals surface area contributed by atoms with Gasteiger partial charge < -0.3 is 0 Å². The second kappa shape index (κ2) is 6.84. The molecule has 0 N–H and O–H groups in total. The van der Waals surface area contributed by atoms with Gasteiger partial charge in [-0.25, -0.2) is 0 Å². The lowest BCUT2D eigenvalue weighted by Gasteiger charge is -2.11. The van der Waals surface area contributed by atoms with Crippen LogP contribution in [0.3, 0.4) is 0 Å². The maximum atomic E-state index is 12.8. The molecule has 0 aromatic heterocycles. The highest BCUT2D eigenvalue weighted by atomic mass is 79.9. The molecule has 1 nitrogen and oxygen atoms in total. The van der Waals surface area contributed by atoms with E-state index < -0.39 is 11.7 Å². The van der Waals surface area contributed by atoms with Crippen molar-refractivity contribution in [2.45, 2.75) is 19.0 Å². The molecule has 2 aromatic carbocycles. The summed E-state index contributed by atoms with van der Waals surface area (Å²) in [6.45, 7) is 0. The number of hydrogen-bond acceptors (Lipinski definition) is 1. The van der Waals surface area contributed by atoms with Gasteiger partial charge >= 0.3 is 6.18 Å². The van der Waals surface area contributed by atoms with E-state index in [2.05, 4.69) is 15.9 Å². The number of benzene rings is 2.